The van der Waals surface area contributed by atoms with Crippen molar-refractivity contribution in [3.8, 4) is 0 Å². The predicted octanol–water partition coefficient (Wildman–Crippen LogP) is 1.49. The maximum Gasteiger partial charge on any atom is 0.410 e. The summed E-state index contributed by atoms with van der Waals surface area (Å²) in [6.45, 7) is 7.15. The van der Waals surface area contributed by atoms with Gasteiger partial charge in [-0.1, -0.05) is 0 Å². The quantitative estimate of drug-likeness (QED) is 0.581. The van der Waals surface area contributed by atoms with Crippen molar-refractivity contribution >= 4 is 12.1 Å². The van der Waals surface area contributed by atoms with E-state index in [1.807, 2.05) is 25.7 Å². The highest BCUT2D eigenvalue weighted by Crippen LogP contribution is 2.21. The lowest BCUT2D eigenvalue weighted by molar-refractivity contribution is -0.143. The van der Waals surface area contributed by atoms with Gasteiger partial charge in [0, 0.05) is 39.3 Å². The molecule has 0 radical (unpaired) electrons. The van der Waals surface area contributed by atoms with Crippen molar-refractivity contribution in [1.82, 2.24) is 14.7 Å². The molecule has 10 heteroatoms. The summed E-state index contributed by atoms with van der Waals surface area (Å²) in [5, 5.41) is 0. The number of nitrogens with two attached hydrogens (primary N) is 1. The van der Waals surface area contributed by atoms with Gasteiger partial charge in [-0.15, -0.1) is 0 Å². The van der Waals surface area contributed by atoms with E-state index in [4.69, 9.17) is 10.5 Å². The zero-order valence-electron chi connectivity index (χ0n) is 15.6. The Labute approximate surface area is 151 Å². The lowest BCUT2D eigenvalue weighted by Crippen LogP contribution is -2.53. The Balaban J connectivity index is 1.80. The highest BCUT2D eigenvalue weighted by atomic mass is 19.4. The van der Waals surface area contributed by atoms with Crippen LogP contribution in [0, 0.1) is 0 Å². The lowest BCUT2D eigenvalue weighted by Gasteiger charge is -2.36. The molecule has 7 nitrogen and oxygen atoms in total. The summed E-state index contributed by atoms with van der Waals surface area (Å²) in [6.07, 6.45) is -3.98. The second-order valence-electron chi connectivity index (χ2n) is 7.73. The molecule has 2 aliphatic heterocycles. The number of ether oxygens (including phenoxy) is 1. The molecule has 26 heavy (non-hydrogen) atoms. The van der Waals surface area contributed by atoms with Gasteiger partial charge in [-0.3, -0.25) is 4.90 Å². The Kier molecular flexibility index (Phi) is 6.25. The number of rotatable bonds is 2. The van der Waals surface area contributed by atoms with Crippen molar-refractivity contribution in [2.24, 2.45) is 10.7 Å². The Morgan fingerprint density at radius 3 is 2.23 bits per heavy atom. The van der Waals surface area contributed by atoms with E-state index in [-0.39, 0.29) is 18.7 Å². The maximum absolute atomic E-state index is 12.4. The zero-order chi connectivity index (χ0) is 19.5. The molecule has 150 valence electrons. The number of alkyl halides is 3. The normalized spacial score (nSPS) is 23.5. The number of nitrogens with zero attached hydrogens (tertiary/aromatic N) is 4. The lowest BCUT2D eigenvalue weighted by atomic mass is 10.2. The van der Waals surface area contributed by atoms with Crippen LogP contribution in [0.25, 0.3) is 0 Å². The molecule has 1 atom stereocenters. The van der Waals surface area contributed by atoms with Gasteiger partial charge in [0.25, 0.3) is 0 Å². The van der Waals surface area contributed by atoms with E-state index in [1.165, 1.54) is 4.90 Å². The minimum absolute atomic E-state index is 0.221. The number of piperazine rings is 1. The van der Waals surface area contributed by atoms with Gasteiger partial charge in [-0.25, -0.2) is 9.79 Å². The molecule has 0 aromatic heterocycles. The Morgan fingerprint density at radius 2 is 1.69 bits per heavy atom. The Hall–Kier alpha value is -1.71. The highest BCUT2D eigenvalue weighted by molar-refractivity contribution is 5.78. The van der Waals surface area contributed by atoms with Crippen molar-refractivity contribution in [3.05, 3.63) is 0 Å². The number of hydrogen-bond donors (Lipinski definition) is 1. The molecule has 2 fully saturated rings. The van der Waals surface area contributed by atoms with E-state index in [9.17, 15) is 18.0 Å². The number of hydrogen-bond acceptors (Lipinski definition) is 4. The van der Waals surface area contributed by atoms with Gasteiger partial charge < -0.3 is 20.3 Å². The molecule has 2 heterocycles. The van der Waals surface area contributed by atoms with Crippen LogP contribution in [0.3, 0.4) is 0 Å². The average molecular weight is 379 g/mol. The van der Waals surface area contributed by atoms with Crippen molar-refractivity contribution in [2.75, 3.05) is 45.8 Å². The van der Waals surface area contributed by atoms with Crippen molar-refractivity contribution in [1.29, 1.82) is 0 Å². The second-order valence-corrected chi connectivity index (χ2v) is 7.73. The van der Waals surface area contributed by atoms with E-state index in [0.717, 1.165) is 0 Å². The molecule has 0 spiro atoms. The van der Waals surface area contributed by atoms with Crippen LogP contribution in [0.15, 0.2) is 4.99 Å². The average Bonchev–Trinajstić information content (AvgIpc) is 2.90. The van der Waals surface area contributed by atoms with Gasteiger partial charge in [0.15, 0.2) is 5.96 Å². The minimum Gasteiger partial charge on any atom is -0.444 e. The number of carbonyl (C=O) groups is 1. The molecule has 2 saturated heterocycles. The molecule has 1 amide bonds. The Morgan fingerprint density at radius 1 is 1.12 bits per heavy atom. The second kappa shape index (κ2) is 7.89. The van der Waals surface area contributed by atoms with Crippen LogP contribution in [-0.4, -0.2) is 90.4 Å². The van der Waals surface area contributed by atoms with Gasteiger partial charge in [0.05, 0.1) is 12.6 Å². The number of aliphatic imine (C=N–C) groups is 1. The number of amides is 1. The van der Waals surface area contributed by atoms with E-state index < -0.39 is 18.3 Å². The summed E-state index contributed by atoms with van der Waals surface area (Å²) in [5.41, 5.74) is 5.48. The SMILES string of the molecule is CC(C)(C)OC(=O)N1CCN(C(N)=NC2CCN(CC(F)(F)F)C2)CC1. The van der Waals surface area contributed by atoms with Gasteiger partial charge in [0.1, 0.15) is 5.60 Å². The zero-order valence-corrected chi connectivity index (χ0v) is 15.6. The molecule has 0 bridgehead atoms. The first-order valence-corrected chi connectivity index (χ1v) is 8.78. The van der Waals surface area contributed by atoms with E-state index >= 15 is 0 Å². The first-order chi connectivity index (χ1) is 11.9. The largest absolute Gasteiger partial charge is 0.444 e. The molecule has 2 N–H and O–H groups in total. The summed E-state index contributed by atoms with van der Waals surface area (Å²) >= 11 is 0. The summed E-state index contributed by atoms with van der Waals surface area (Å²) in [5.74, 6) is 0.327. The highest BCUT2D eigenvalue weighted by Gasteiger charge is 2.34. The number of likely N-dealkylation sites (tertiary alicyclic amines) is 1. The molecule has 0 aromatic rings. The fourth-order valence-electron chi connectivity index (χ4n) is 3.03. The molecule has 0 saturated carbocycles. The van der Waals surface area contributed by atoms with E-state index in [2.05, 4.69) is 4.99 Å². The fourth-order valence-corrected chi connectivity index (χ4v) is 3.03. The third-order valence-electron chi connectivity index (χ3n) is 4.22. The molecule has 2 rings (SSSR count). The number of guanidine groups is 1. The van der Waals surface area contributed by atoms with Crippen molar-refractivity contribution in [2.45, 2.75) is 45.0 Å². The third-order valence-corrected chi connectivity index (χ3v) is 4.22. The number of carbonyl (C=O) groups excluding carboxylic acids is 1. The smallest absolute Gasteiger partial charge is 0.410 e. The van der Waals surface area contributed by atoms with Gasteiger partial charge >= 0.3 is 12.3 Å². The topological polar surface area (TPSA) is 74.4 Å². The molecule has 0 aliphatic carbocycles. The van der Waals surface area contributed by atoms with Crippen LogP contribution in [0.1, 0.15) is 27.2 Å². The van der Waals surface area contributed by atoms with Crippen molar-refractivity contribution in [3.63, 3.8) is 0 Å². The first-order valence-electron chi connectivity index (χ1n) is 8.78. The maximum atomic E-state index is 12.4. The number of halogens is 3. The Bertz CT molecular complexity index is 525. The summed E-state index contributed by atoms with van der Waals surface area (Å²) < 4.78 is 42.7. The molecular weight excluding hydrogens is 351 g/mol. The van der Waals surface area contributed by atoms with E-state index in [0.29, 0.717) is 45.1 Å². The molecule has 0 aromatic carbocycles. The van der Waals surface area contributed by atoms with Crippen LogP contribution in [0.4, 0.5) is 18.0 Å². The monoisotopic (exact) mass is 379 g/mol. The van der Waals surface area contributed by atoms with Crippen LogP contribution >= 0.6 is 0 Å². The standard InChI is InChI=1S/C16H28F3N5O2/c1-15(2,3)26-14(25)24-8-6-23(7-9-24)13(20)21-12-4-5-22(10-12)11-16(17,18)19/h12H,4-11H2,1-3H3,(H2,20,21). The summed E-state index contributed by atoms with van der Waals surface area (Å²) in [4.78, 5) is 21.3. The van der Waals surface area contributed by atoms with Crippen LogP contribution in [0.2, 0.25) is 0 Å². The predicted molar refractivity (Wildman–Crippen MR) is 91.9 cm³/mol. The first kappa shape index (κ1) is 20.6. The van der Waals surface area contributed by atoms with E-state index in [1.54, 1.807) is 4.90 Å². The van der Waals surface area contributed by atoms with Gasteiger partial charge in [0.2, 0.25) is 0 Å². The molecule has 2 aliphatic rings. The van der Waals surface area contributed by atoms with Crippen LogP contribution in [-0.2, 0) is 4.74 Å². The van der Waals surface area contributed by atoms with Crippen LogP contribution in [0.5, 0.6) is 0 Å². The van der Waals surface area contributed by atoms with Crippen LogP contribution < -0.4 is 5.73 Å². The summed E-state index contributed by atoms with van der Waals surface area (Å²) in [7, 11) is 0. The molecular formula is C16H28F3N5O2. The third kappa shape index (κ3) is 6.54. The summed E-state index contributed by atoms with van der Waals surface area (Å²) in [6, 6.07) is -0.221. The minimum atomic E-state index is -4.19. The van der Waals surface area contributed by atoms with Gasteiger partial charge in [-0.2, -0.15) is 13.2 Å². The molecule has 1 unspecified atom stereocenters. The fraction of sp³-hybridized carbons (Fsp3) is 0.875. The van der Waals surface area contributed by atoms with Crippen molar-refractivity contribution < 1.29 is 22.7 Å². The van der Waals surface area contributed by atoms with Gasteiger partial charge in [-0.05, 0) is 27.2 Å².